The predicted molar refractivity (Wildman–Crippen MR) is 286 cm³/mol. The summed E-state index contributed by atoms with van der Waals surface area (Å²) in [5.74, 6) is 3.82. The minimum atomic E-state index is -6.00. The molecule has 0 fully saturated rings. The van der Waals surface area contributed by atoms with Gasteiger partial charge in [-0.15, -0.1) is 6.10 Å². The fraction of sp³-hybridized carbons (Fsp3) is 0.327. The SMILES string of the molecule is CCn1c(CN(Cc2nc3ccccc3n2CC)CC([O-])CN(Cc2nc3ccccc3n2CC)Cc2nc3ccccc3n2CC)nc2ccccc21.CN(C)C=O.F[B-](F)(F)F.F[B-](F)(F)F.[Fe+3].[Fe+3].[S-]c1ccccc1. The fourth-order valence-corrected chi connectivity index (χ4v) is 8.78. The third-order valence-corrected chi connectivity index (χ3v) is 11.8. The Morgan fingerprint density at radius 3 is 0.885 bits per heavy atom. The smallest absolute Gasteiger partial charge is 0.850 e. The van der Waals surface area contributed by atoms with Gasteiger partial charge in [0.25, 0.3) is 0 Å². The minimum Gasteiger partial charge on any atom is -0.850 e. The van der Waals surface area contributed by atoms with Crippen LogP contribution >= 0.6 is 0 Å². The Balaban J connectivity index is 0.000000561. The molecule has 0 aliphatic carbocycles. The quantitative estimate of drug-likeness (QED) is 0.0380. The van der Waals surface area contributed by atoms with E-state index in [0.717, 1.165) is 105 Å². The average Bonchev–Trinajstić information content (AvgIpc) is 4.14. The van der Waals surface area contributed by atoms with Gasteiger partial charge in [-0.05, 0) is 89.3 Å². The summed E-state index contributed by atoms with van der Waals surface area (Å²) in [4.78, 5) is 36.6. The number of rotatable bonds is 17. The third kappa shape index (κ3) is 20.4. The molecule has 0 N–H and O–H groups in total. The van der Waals surface area contributed by atoms with Crippen molar-refractivity contribution in [1.29, 1.82) is 0 Å². The van der Waals surface area contributed by atoms with Gasteiger partial charge in [-0.25, -0.2) is 19.9 Å². The van der Waals surface area contributed by atoms with E-state index < -0.39 is 20.6 Å². The zero-order valence-corrected chi connectivity index (χ0v) is 46.9. The topological polar surface area (TPSA) is 121 Å². The van der Waals surface area contributed by atoms with Gasteiger partial charge < -0.3 is 75.4 Å². The van der Waals surface area contributed by atoms with Crippen molar-refractivity contribution in [3.05, 3.63) is 151 Å². The van der Waals surface area contributed by atoms with Crippen LogP contribution in [0, 0.1) is 0 Å². The number of imidazole rings is 4. The molecule has 0 unspecified atom stereocenters. The van der Waals surface area contributed by atoms with E-state index in [1.165, 1.54) is 4.90 Å². The molecule has 0 atom stereocenters. The van der Waals surface area contributed by atoms with E-state index in [-0.39, 0.29) is 34.1 Å². The summed E-state index contributed by atoms with van der Waals surface area (Å²) in [5, 5.41) is 14.6. The molecule has 0 aliphatic heterocycles. The fourth-order valence-electron chi connectivity index (χ4n) is 8.62. The van der Waals surface area contributed by atoms with Crippen LogP contribution in [0.25, 0.3) is 44.1 Å². The molecule has 0 aliphatic rings. The number of para-hydroxylation sites is 8. The Kier molecular flexibility index (Phi) is 27.0. The van der Waals surface area contributed by atoms with Crippen molar-refractivity contribution in [1.82, 2.24) is 52.9 Å². The van der Waals surface area contributed by atoms with E-state index in [1.54, 1.807) is 14.1 Å². The minimum absolute atomic E-state index is 0. The summed E-state index contributed by atoms with van der Waals surface area (Å²) in [6.45, 7) is 14.6. The van der Waals surface area contributed by atoms with Gasteiger partial charge in [-0.3, -0.25) is 14.6 Å². The van der Waals surface area contributed by atoms with Crippen LogP contribution in [0.3, 0.4) is 0 Å². The van der Waals surface area contributed by atoms with Gasteiger partial charge in [0.2, 0.25) is 6.41 Å². The summed E-state index contributed by atoms with van der Waals surface area (Å²) in [5.41, 5.74) is 8.32. The summed E-state index contributed by atoms with van der Waals surface area (Å²) in [6.07, 6.45) is -0.178. The van der Waals surface area contributed by atoms with Gasteiger partial charge in [-0.1, -0.05) is 78.9 Å². The van der Waals surface area contributed by atoms with Crippen molar-refractivity contribution < 1.29 is 78.6 Å². The number of aryl methyl sites for hydroxylation is 4. The maximum absolute atomic E-state index is 14.6. The molecular formula is C52H61B2F8Fe2N11O2S+2. The summed E-state index contributed by atoms with van der Waals surface area (Å²) in [6, 6.07) is 42.7. The van der Waals surface area contributed by atoms with E-state index in [2.05, 4.69) is 129 Å². The van der Waals surface area contributed by atoms with E-state index in [9.17, 15) is 44.4 Å². The zero-order valence-electron chi connectivity index (χ0n) is 43.9. The van der Waals surface area contributed by atoms with Crippen molar-refractivity contribution in [3.63, 3.8) is 0 Å². The molecule has 0 spiro atoms. The van der Waals surface area contributed by atoms with Crippen LogP contribution in [0.1, 0.15) is 51.0 Å². The Hall–Kier alpha value is -5.84. The molecule has 4 heterocycles. The Morgan fingerprint density at radius 2 is 0.692 bits per heavy atom. The number of benzene rings is 5. The Morgan fingerprint density at radius 1 is 0.474 bits per heavy atom. The molecule has 2 radical (unpaired) electrons. The van der Waals surface area contributed by atoms with E-state index >= 15 is 0 Å². The molecule has 0 bridgehead atoms. The van der Waals surface area contributed by atoms with Crippen LogP contribution < -0.4 is 5.11 Å². The molecule has 26 heteroatoms. The normalized spacial score (nSPS) is 11.3. The van der Waals surface area contributed by atoms with Crippen LogP contribution in [0.2, 0.25) is 0 Å². The first-order chi connectivity index (χ1) is 36.1. The van der Waals surface area contributed by atoms with Crippen LogP contribution in [-0.4, -0.2) is 107 Å². The molecule has 1 amide bonds. The Bertz CT molecular complexity index is 2850. The average molecular weight is 1190 g/mol. The van der Waals surface area contributed by atoms with E-state index in [0.29, 0.717) is 39.3 Å². The predicted octanol–water partition coefficient (Wildman–Crippen LogP) is 10.5. The molecule has 4 aromatic heterocycles. The van der Waals surface area contributed by atoms with Gasteiger partial charge in [0, 0.05) is 40.3 Å². The Labute approximate surface area is 475 Å². The first kappa shape index (κ1) is 66.4. The van der Waals surface area contributed by atoms with Gasteiger partial charge in [0.1, 0.15) is 23.3 Å². The maximum Gasteiger partial charge on any atom is 3.00 e. The van der Waals surface area contributed by atoms with Crippen LogP contribution in [0.4, 0.5) is 34.5 Å². The number of aromatic nitrogens is 8. The number of fused-ring (bicyclic) bond motifs is 4. The summed E-state index contributed by atoms with van der Waals surface area (Å²) in [7, 11) is -8.62. The second kappa shape index (κ2) is 31.7. The summed E-state index contributed by atoms with van der Waals surface area (Å²) < 4.78 is 87.1. The van der Waals surface area contributed by atoms with E-state index in [1.807, 2.05) is 54.6 Å². The van der Waals surface area contributed by atoms with Crippen LogP contribution in [-0.2, 0) is 104 Å². The standard InChI is InChI=1S/C43H49N10O.C6H6S.C3H7NO.2BF4.2Fe/c1-5-50-36-21-13-9-17-32(36)44-40(50)27-48(28-41-45-33-18-10-14-22-37(33)51(41)6-2)25-31(54)26-49(29-42-46-34-19-11-15-23-38(34)52(42)7-3)30-43-47-35-20-12-16-24-39(35)53(43)8-4;7-6-4-2-1-3-5-6;1-4(2)3-5;2*2-1(3,4)5;;/h9-24,31H,5-8,25-30H2,1-4H3;1-5,7H;3H,1-2H3;;;;/q-1;;;2*-1;2*+3/p-1. The third-order valence-electron chi connectivity index (χ3n) is 11.5. The first-order valence-corrected chi connectivity index (χ1v) is 25.0. The number of carbonyl (C=O) groups excluding carboxylic acids is 1. The number of amides is 1. The number of hydrogen-bond acceptors (Lipinski definition) is 9. The summed E-state index contributed by atoms with van der Waals surface area (Å²) >= 11 is 4.81. The van der Waals surface area contributed by atoms with Crippen molar-refractivity contribution >= 4 is 77.7 Å². The molecule has 78 heavy (non-hydrogen) atoms. The molecule has 0 saturated carbocycles. The van der Waals surface area contributed by atoms with Crippen molar-refractivity contribution in [3.8, 4) is 0 Å². The molecule has 9 aromatic rings. The molecular weight excluding hydrogens is 1130 g/mol. The maximum atomic E-state index is 14.6. The zero-order chi connectivity index (χ0) is 55.6. The van der Waals surface area contributed by atoms with Crippen molar-refractivity contribution in [2.45, 2.75) is 91.1 Å². The number of halogens is 8. The first-order valence-electron chi connectivity index (χ1n) is 24.6. The van der Waals surface area contributed by atoms with Gasteiger partial charge in [0.15, 0.2) is 0 Å². The van der Waals surface area contributed by atoms with Crippen molar-refractivity contribution in [2.75, 3.05) is 27.2 Å². The van der Waals surface area contributed by atoms with Gasteiger partial charge >= 0.3 is 48.6 Å². The number of carbonyl (C=O) groups is 1. The van der Waals surface area contributed by atoms with Crippen LogP contribution in [0.5, 0.6) is 0 Å². The second-order valence-electron chi connectivity index (χ2n) is 17.4. The van der Waals surface area contributed by atoms with Crippen LogP contribution in [0.15, 0.2) is 132 Å². The van der Waals surface area contributed by atoms with Gasteiger partial charge in [-0.2, -0.15) is 4.90 Å². The second-order valence-corrected chi connectivity index (χ2v) is 17.8. The molecule has 5 aromatic carbocycles. The van der Waals surface area contributed by atoms with Crippen molar-refractivity contribution in [2.24, 2.45) is 0 Å². The molecule has 0 saturated heterocycles. The van der Waals surface area contributed by atoms with E-state index in [4.69, 9.17) is 32.6 Å². The molecule has 13 nitrogen and oxygen atoms in total. The monoisotopic (exact) mass is 1190 g/mol. The molecule has 9 rings (SSSR count). The largest absolute Gasteiger partial charge is 3.00 e. The number of nitrogens with zero attached hydrogens (tertiary/aromatic N) is 11. The van der Waals surface area contributed by atoms with Gasteiger partial charge in [0.05, 0.1) is 70.3 Å². The molecule has 418 valence electrons. The number of hydrogen-bond donors (Lipinski definition) is 0.